The van der Waals surface area contributed by atoms with Crippen LogP contribution in [0.1, 0.15) is 31.9 Å². The molecule has 0 fully saturated rings. The van der Waals surface area contributed by atoms with Crippen LogP contribution in [0.2, 0.25) is 0 Å². The number of hydrogen-bond acceptors (Lipinski definition) is 3. The number of amides is 2. The fourth-order valence-corrected chi connectivity index (χ4v) is 1.95. The Morgan fingerprint density at radius 1 is 1.19 bits per heavy atom. The van der Waals surface area contributed by atoms with Crippen LogP contribution in [0.15, 0.2) is 24.3 Å². The fraction of sp³-hybridized carbons (Fsp3) is 0.562. The van der Waals surface area contributed by atoms with Crippen molar-refractivity contribution < 1.29 is 9.90 Å². The van der Waals surface area contributed by atoms with E-state index in [-0.39, 0.29) is 6.03 Å². The maximum absolute atomic E-state index is 12.3. The minimum atomic E-state index is -0.494. The van der Waals surface area contributed by atoms with Crippen LogP contribution in [-0.2, 0) is 0 Å². The summed E-state index contributed by atoms with van der Waals surface area (Å²) >= 11 is 0. The predicted octanol–water partition coefficient (Wildman–Crippen LogP) is 2.55. The smallest absolute Gasteiger partial charge is 0.321 e. The molecule has 0 spiro atoms. The van der Waals surface area contributed by atoms with Gasteiger partial charge in [-0.05, 0) is 45.1 Å². The number of aliphatic hydroxyl groups is 1. The second kappa shape index (κ2) is 8.64. The molecule has 1 atom stereocenters. The molecule has 5 heteroatoms. The minimum Gasteiger partial charge on any atom is -0.389 e. The van der Waals surface area contributed by atoms with Gasteiger partial charge < -0.3 is 20.2 Å². The van der Waals surface area contributed by atoms with Gasteiger partial charge in [-0.2, -0.15) is 0 Å². The summed E-state index contributed by atoms with van der Waals surface area (Å²) in [7, 11) is 3.99. The molecule has 2 amide bonds. The van der Waals surface area contributed by atoms with E-state index in [0.29, 0.717) is 6.54 Å². The second-order valence-corrected chi connectivity index (χ2v) is 5.52. The molecule has 0 radical (unpaired) electrons. The molecule has 2 N–H and O–H groups in total. The van der Waals surface area contributed by atoms with Crippen molar-refractivity contribution in [1.29, 1.82) is 0 Å². The van der Waals surface area contributed by atoms with Gasteiger partial charge in [0, 0.05) is 25.3 Å². The van der Waals surface area contributed by atoms with Crippen molar-refractivity contribution in [3.63, 3.8) is 0 Å². The number of carbonyl (C=O) groups excluding carboxylic acids is 1. The summed E-state index contributed by atoms with van der Waals surface area (Å²) in [6.45, 7) is 6.07. The molecule has 1 rings (SSSR count). The number of urea groups is 1. The molecule has 5 nitrogen and oxygen atoms in total. The second-order valence-electron chi connectivity index (χ2n) is 5.52. The average molecular weight is 293 g/mol. The molecule has 118 valence electrons. The van der Waals surface area contributed by atoms with Crippen LogP contribution < -0.4 is 5.32 Å². The molecule has 0 saturated carbocycles. The molecule has 1 aromatic carbocycles. The van der Waals surface area contributed by atoms with Gasteiger partial charge in [0.1, 0.15) is 0 Å². The van der Waals surface area contributed by atoms with E-state index in [4.69, 9.17) is 0 Å². The topological polar surface area (TPSA) is 55.8 Å². The Hall–Kier alpha value is -1.59. The van der Waals surface area contributed by atoms with E-state index < -0.39 is 6.10 Å². The first-order valence-corrected chi connectivity index (χ1v) is 7.42. The Morgan fingerprint density at radius 2 is 1.81 bits per heavy atom. The number of rotatable bonds is 7. The van der Waals surface area contributed by atoms with Crippen molar-refractivity contribution in [2.75, 3.05) is 39.0 Å². The summed E-state index contributed by atoms with van der Waals surface area (Å²) in [5.74, 6) is 0. The highest BCUT2D eigenvalue weighted by Crippen LogP contribution is 2.16. The van der Waals surface area contributed by atoms with Crippen LogP contribution in [0.4, 0.5) is 10.5 Å². The van der Waals surface area contributed by atoms with Crippen molar-refractivity contribution in [2.45, 2.75) is 26.4 Å². The zero-order chi connectivity index (χ0) is 15.8. The summed E-state index contributed by atoms with van der Waals surface area (Å²) in [6, 6.07) is 7.20. The van der Waals surface area contributed by atoms with Gasteiger partial charge >= 0.3 is 6.03 Å². The molecule has 0 aliphatic heterocycles. The Labute approximate surface area is 127 Å². The van der Waals surface area contributed by atoms with Crippen molar-refractivity contribution >= 4 is 11.7 Å². The molecular weight excluding hydrogens is 266 g/mol. The SMILES string of the molecule is CCCN(CCN(C)C)C(=O)Nc1ccc(C(C)O)cc1. The molecule has 0 aliphatic carbocycles. The lowest BCUT2D eigenvalue weighted by molar-refractivity contribution is 0.199. The number of aliphatic hydroxyl groups excluding tert-OH is 1. The van der Waals surface area contributed by atoms with Gasteiger partial charge in [0.25, 0.3) is 0 Å². The number of likely N-dealkylation sites (N-methyl/N-ethyl adjacent to an activating group) is 1. The van der Waals surface area contributed by atoms with E-state index in [9.17, 15) is 9.90 Å². The Kier molecular flexibility index (Phi) is 7.19. The number of nitrogens with zero attached hydrogens (tertiary/aromatic N) is 2. The van der Waals surface area contributed by atoms with Crippen LogP contribution in [0, 0.1) is 0 Å². The summed E-state index contributed by atoms with van der Waals surface area (Å²) in [6.07, 6.45) is 0.438. The summed E-state index contributed by atoms with van der Waals surface area (Å²) in [5.41, 5.74) is 1.58. The third kappa shape index (κ3) is 6.14. The minimum absolute atomic E-state index is 0.0801. The van der Waals surface area contributed by atoms with E-state index in [1.807, 2.05) is 43.3 Å². The quantitative estimate of drug-likeness (QED) is 0.812. The third-order valence-electron chi connectivity index (χ3n) is 3.24. The van der Waals surface area contributed by atoms with Gasteiger partial charge in [0.05, 0.1) is 6.10 Å². The summed E-state index contributed by atoms with van der Waals surface area (Å²) in [5, 5.41) is 12.4. The van der Waals surface area contributed by atoms with Crippen molar-refractivity contribution in [1.82, 2.24) is 9.80 Å². The zero-order valence-corrected chi connectivity index (χ0v) is 13.5. The first kappa shape index (κ1) is 17.5. The largest absolute Gasteiger partial charge is 0.389 e. The average Bonchev–Trinajstić information content (AvgIpc) is 2.43. The number of nitrogens with one attached hydrogen (secondary N) is 1. The van der Waals surface area contributed by atoms with E-state index in [0.717, 1.165) is 30.8 Å². The van der Waals surface area contributed by atoms with Gasteiger partial charge in [-0.3, -0.25) is 0 Å². The summed E-state index contributed by atoms with van der Waals surface area (Å²) in [4.78, 5) is 16.2. The van der Waals surface area contributed by atoms with Crippen molar-refractivity contribution in [3.8, 4) is 0 Å². The van der Waals surface area contributed by atoms with E-state index in [1.54, 1.807) is 6.92 Å². The van der Waals surface area contributed by atoms with Crippen LogP contribution >= 0.6 is 0 Å². The number of benzene rings is 1. The van der Waals surface area contributed by atoms with Gasteiger partial charge in [0.2, 0.25) is 0 Å². The monoisotopic (exact) mass is 293 g/mol. The molecule has 1 aromatic rings. The normalized spacial score (nSPS) is 12.3. The van der Waals surface area contributed by atoms with E-state index in [2.05, 4.69) is 17.1 Å². The molecule has 0 aromatic heterocycles. The molecule has 0 heterocycles. The van der Waals surface area contributed by atoms with Crippen LogP contribution in [0.25, 0.3) is 0 Å². The van der Waals surface area contributed by atoms with Crippen molar-refractivity contribution in [3.05, 3.63) is 29.8 Å². The predicted molar refractivity (Wildman–Crippen MR) is 86.5 cm³/mol. The van der Waals surface area contributed by atoms with Gasteiger partial charge in [-0.25, -0.2) is 4.79 Å². The van der Waals surface area contributed by atoms with Gasteiger partial charge in [0.15, 0.2) is 0 Å². The van der Waals surface area contributed by atoms with Gasteiger partial charge in [-0.15, -0.1) is 0 Å². The standard InChI is InChI=1S/C16H27N3O2/c1-5-10-19(12-11-18(3)4)16(21)17-15-8-6-14(7-9-15)13(2)20/h6-9,13,20H,5,10-12H2,1-4H3,(H,17,21). The highest BCUT2D eigenvalue weighted by atomic mass is 16.3. The summed E-state index contributed by atoms with van der Waals surface area (Å²) < 4.78 is 0. The first-order valence-electron chi connectivity index (χ1n) is 7.42. The van der Waals surface area contributed by atoms with Crippen LogP contribution in [0.5, 0.6) is 0 Å². The number of hydrogen-bond donors (Lipinski definition) is 2. The first-order chi connectivity index (χ1) is 9.93. The fourth-order valence-electron chi connectivity index (χ4n) is 1.95. The highest BCUT2D eigenvalue weighted by molar-refractivity contribution is 5.89. The lowest BCUT2D eigenvalue weighted by Gasteiger charge is -2.24. The van der Waals surface area contributed by atoms with Crippen LogP contribution in [-0.4, -0.2) is 54.7 Å². The van der Waals surface area contributed by atoms with Crippen LogP contribution in [0.3, 0.4) is 0 Å². The zero-order valence-electron chi connectivity index (χ0n) is 13.5. The van der Waals surface area contributed by atoms with E-state index >= 15 is 0 Å². The third-order valence-corrected chi connectivity index (χ3v) is 3.24. The Balaban J connectivity index is 2.62. The maximum atomic E-state index is 12.3. The lowest BCUT2D eigenvalue weighted by Crippen LogP contribution is -2.39. The van der Waals surface area contributed by atoms with Crippen molar-refractivity contribution in [2.24, 2.45) is 0 Å². The highest BCUT2D eigenvalue weighted by Gasteiger charge is 2.13. The lowest BCUT2D eigenvalue weighted by atomic mass is 10.1. The number of anilines is 1. The van der Waals surface area contributed by atoms with Gasteiger partial charge in [-0.1, -0.05) is 19.1 Å². The molecular formula is C16H27N3O2. The molecule has 1 unspecified atom stereocenters. The molecule has 0 bridgehead atoms. The molecule has 0 saturated heterocycles. The van der Waals surface area contributed by atoms with E-state index in [1.165, 1.54) is 0 Å². The molecule has 21 heavy (non-hydrogen) atoms. The maximum Gasteiger partial charge on any atom is 0.321 e. The number of carbonyl (C=O) groups is 1. The Bertz CT molecular complexity index is 430. The Morgan fingerprint density at radius 3 is 2.29 bits per heavy atom. The molecule has 0 aliphatic rings.